The van der Waals surface area contributed by atoms with Crippen molar-refractivity contribution in [1.82, 2.24) is 0 Å². The number of hydrogen-bond acceptors (Lipinski definition) is 4. The summed E-state index contributed by atoms with van der Waals surface area (Å²) in [6, 6.07) is 7.11. The summed E-state index contributed by atoms with van der Waals surface area (Å²) >= 11 is 0. The molecule has 2 N–H and O–H groups in total. The highest BCUT2D eigenvalue weighted by molar-refractivity contribution is 7.91. The second-order valence-corrected chi connectivity index (χ2v) is 6.72. The van der Waals surface area contributed by atoms with Crippen LogP contribution in [0.3, 0.4) is 0 Å². The Labute approximate surface area is 118 Å². The Bertz CT molecular complexity index is 777. The maximum absolute atomic E-state index is 12.5. The first-order chi connectivity index (χ1) is 9.25. The van der Waals surface area contributed by atoms with E-state index in [0.717, 1.165) is 5.56 Å². The number of hydrogen-bond donors (Lipinski definition) is 2. The topological polar surface area (TPSA) is 74.6 Å². The molecule has 20 heavy (non-hydrogen) atoms. The summed E-state index contributed by atoms with van der Waals surface area (Å²) in [5.74, 6) is -0.191. The predicted molar refractivity (Wildman–Crippen MR) is 75.9 cm³/mol. The summed E-state index contributed by atoms with van der Waals surface area (Å²) in [6.07, 6.45) is 0. The van der Waals surface area contributed by atoms with Crippen molar-refractivity contribution in [3.8, 4) is 11.5 Å². The lowest BCUT2D eigenvalue weighted by molar-refractivity contribution is 0.454. The monoisotopic (exact) mass is 292 g/mol. The van der Waals surface area contributed by atoms with Gasteiger partial charge in [-0.05, 0) is 61.7 Å². The van der Waals surface area contributed by atoms with Gasteiger partial charge in [0, 0.05) is 0 Å². The average Bonchev–Trinajstić information content (AvgIpc) is 2.38. The molecule has 4 nitrogen and oxygen atoms in total. The van der Waals surface area contributed by atoms with Gasteiger partial charge in [0.15, 0.2) is 0 Å². The Balaban J connectivity index is 2.67. The molecule has 0 atom stereocenters. The zero-order valence-electron chi connectivity index (χ0n) is 11.5. The fraction of sp³-hybridized carbons (Fsp3) is 0.200. The van der Waals surface area contributed by atoms with Crippen molar-refractivity contribution in [2.75, 3.05) is 0 Å². The number of rotatable bonds is 2. The minimum Gasteiger partial charge on any atom is -0.508 e. The van der Waals surface area contributed by atoms with Gasteiger partial charge in [-0.3, -0.25) is 0 Å². The molecule has 0 heterocycles. The van der Waals surface area contributed by atoms with Crippen LogP contribution in [0.1, 0.15) is 16.7 Å². The first kappa shape index (κ1) is 14.4. The summed E-state index contributed by atoms with van der Waals surface area (Å²) in [4.78, 5) is -0.0722. The zero-order valence-corrected chi connectivity index (χ0v) is 12.3. The van der Waals surface area contributed by atoms with Crippen LogP contribution < -0.4 is 0 Å². The first-order valence-corrected chi connectivity index (χ1v) is 7.57. The van der Waals surface area contributed by atoms with E-state index in [1.54, 1.807) is 26.8 Å². The van der Waals surface area contributed by atoms with Gasteiger partial charge in [-0.15, -0.1) is 0 Å². The third-order valence-corrected chi connectivity index (χ3v) is 5.22. The molecule has 0 aromatic heterocycles. The van der Waals surface area contributed by atoms with Gasteiger partial charge in [0.1, 0.15) is 16.4 Å². The van der Waals surface area contributed by atoms with E-state index in [1.165, 1.54) is 24.3 Å². The molecule has 0 radical (unpaired) electrons. The van der Waals surface area contributed by atoms with Gasteiger partial charge in [0.2, 0.25) is 9.84 Å². The van der Waals surface area contributed by atoms with Gasteiger partial charge in [0.25, 0.3) is 0 Å². The number of phenols is 2. The zero-order chi connectivity index (χ0) is 15.1. The van der Waals surface area contributed by atoms with Crippen molar-refractivity contribution in [3.05, 3.63) is 47.0 Å². The molecular formula is C15H16O4S. The third-order valence-electron chi connectivity index (χ3n) is 3.43. The highest BCUT2D eigenvalue weighted by atomic mass is 32.2. The van der Waals surface area contributed by atoms with Crippen molar-refractivity contribution >= 4 is 9.84 Å². The number of benzene rings is 2. The van der Waals surface area contributed by atoms with Gasteiger partial charge >= 0.3 is 0 Å². The van der Waals surface area contributed by atoms with E-state index in [4.69, 9.17) is 0 Å². The Morgan fingerprint density at radius 1 is 0.900 bits per heavy atom. The molecule has 0 unspecified atom stereocenters. The number of phenolic OH excluding ortho intramolecular Hbond substituents is 2. The van der Waals surface area contributed by atoms with E-state index in [1.807, 2.05) is 0 Å². The van der Waals surface area contributed by atoms with Crippen LogP contribution >= 0.6 is 0 Å². The lowest BCUT2D eigenvalue weighted by Gasteiger charge is -2.11. The molecule has 0 aliphatic heterocycles. The van der Waals surface area contributed by atoms with E-state index in [9.17, 15) is 18.6 Å². The van der Waals surface area contributed by atoms with E-state index < -0.39 is 9.84 Å². The summed E-state index contributed by atoms with van der Waals surface area (Å²) in [5, 5.41) is 19.5. The van der Waals surface area contributed by atoms with Crippen molar-refractivity contribution in [3.63, 3.8) is 0 Å². The SMILES string of the molecule is Cc1cc(S(=O)(=O)c2ccc(C)c(C)c2O)ccc1O. The lowest BCUT2D eigenvalue weighted by atomic mass is 10.1. The summed E-state index contributed by atoms with van der Waals surface area (Å²) in [5.41, 5.74) is 1.83. The predicted octanol–water partition coefficient (Wildman–Crippen LogP) is 2.86. The summed E-state index contributed by atoms with van der Waals surface area (Å²) in [7, 11) is -3.81. The van der Waals surface area contributed by atoms with E-state index in [2.05, 4.69) is 0 Å². The molecule has 106 valence electrons. The number of aryl methyl sites for hydroxylation is 2. The summed E-state index contributed by atoms with van der Waals surface area (Å²) in [6.45, 7) is 5.09. The molecule has 0 aliphatic carbocycles. The lowest BCUT2D eigenvalue weighted by Crippen LogP contribution is -2.04. The Kier molecular flexibility index (Phi) is 3.48. The molecule has 2 aromatic rings. The minimum absolute atomic E-state index is 0.0354. The second-order valence-electron chi connectivity index (χ2n) is 4.81. The van der Waals surface area contributed by atoms with Crippen molar-refractivity contribution in [2.24, 2.45) is 0 Å². The maximum Gasteiger partial charge on any atom is 0.210 e. The third kappa shape index (κ3) is 2.25. The molecule has 0 saturated carbocycles. The quantitative estimate of drug-likeness (QED) is 0.892. The Morgan fingerprint density at radius 2 is 1.55 bits per heavy atom. The van der Waals surface area contributed by atoms with Crippen LogP contribution in [0.2, 0.25) is 0 Å². The van der Waals surface area contributed by atoms with Crippen LogP contribution in [0.4, 0.5) is 0 Å². The highest BCUT2D eigenvalue weighted by Gasteiger charge is 2.23. The highest BCUT2D eigenvalue weighted by Crippen LogP contribution is 2.33. The van der Waals surface area contributed by atoms with E-state index in [0.29, 0.717) is 11.1 Å². The summed E-state index contributed by atoms with van der Waals surface area (Å²) < 4.78 is 25.1. The molecule has 5 heteroatoms. The molecule has 0 spiro atoms. The van der Waals surface area contributed by atoms with Gasteiger partial charge < -0.3 is 10.2 Å². The first-order valence-electron chi connectivity index (χ1n) is 6.09. The molecule has 0 fully saturated rings. The molecule has 0 aliphatic rings. The smallest absolute Gasteiger partial charge is 0.210 e. The molecule has 2 rings (SSSR count). The fourth-order valence-corrected chi connectivity index (χ4v) is 3.40. The number of sulfone groups is 1. The van der Waals surface area contributed by atoms with Crippen LogP contribution in [0, 0.1) is 20.8 Å². The molecule has 0 saturated heterocycles. The van der Waals surface area contributed by atoms with Gasteiger partial charge in [-0.2, -0.15) is 0 Å². The molecular weight excluding hydrogens is 276 g/mol. The molecule has 0 bridgehead atoms. The van der Waals surface area contributed by atoms with Crippen LogP contribution in [-0.2, 0) is 9.84 Å². The maximum atomic E-state index is 12.5. The average molecular weight is 292 g/mol. The van der Waals surface area contributed by atoms with Gasteiger partial charge in [-0.25, -0.2) is 8.42 Å². The largest absolute Gasteiger partial charge is 0.508 e. The van der Waals surface area contributed by atoms with E-state index in [-0.39, 0.29) is 21.3 Å². The molecule has 2 aromatic carbocycles. The van der Waals surface area contributed by atoms with Gasteiger partial charge in [-0.1, -0.05) is 6.07 Å². The normalized spacial score (nSPS) is 11.6. The Hall–Kier alpha value is -2.01. The Morgan fingerprint density at radius 3 is 2.15 bits per heavy atom. The number of aromatic hydroxyl groups is 2. The molecule has 0 amide bonds. The standard InChI is InChI=1S/C15H16O4S/c1-9-4-7-14(15(17)11(9)3)20(18,19)12-5-6-13(16)10(2)8-12/h4-8,16-17H,1-3H3. The minimum atomic E-state index is -3.81. The van der Waals surface area contributed by atoms with Crippen LogP contribution in [0.25, 0.3) is 0 Å². The second kappa shape index (κ2) is 4.83. The van der Waals surface area contributed by atoms with Crippen LogP contribution in [0.15, 0.2) is 40.1 Å². The van der Waals surface area contributed by atoms with Crippen molar-refractivity contribution in [2.45, 2.75) is 30.6 Å². The fourth-order valence-electron chi connectivity index (χ4n) is 1.92. The van der Waals surface area contributed by atoms with Crippen LogP contribution in [0.5, 0.6) is 11.5 Å². The van der Waals surface area contributed by atoms with Crippen LogP contribution in [-0.4, -0.2) is 18.6 Å². The van der Waals surface area contributed by atoms with Crippen molar-refractivity contribution in [1.29, 1.82) is 0 Å². The van der Waals surface area contributed by atoms with Crippen molar-refractivity contribution < 1.29 is 18.6 Å². The van der Waals surface area contributed by atoms with E-state index >= 15 is 0 Å². The van der Waals surface area contributed by atoms with Gasteiger partial charge in [0.05, 0.1) is 4.90 Å².